The van der Waals surface area contributed by atoms with Gasteiger partial charge in [-0.05, 0) is 42.3 Å². The summed E-state index contributed by atoms with van der Waals surface area (Å²) in [5.74, 6) is -1.28. The molecule has 0 aliphatic carbocycles. The molecule has 0 spiro atoms. The second-order valence-corrected chi connectivity index (χ2v) is 9.81. The molecule has 3 aromatic carbocycles. The van der Waals surface area contributed by atoms with Crippen LogP contribution < -0.4 is 14.9 Å². The number of rotatable bonds is 9. The molecule has 2 N–H and O–H groups in total. The number of nitrogens with one attached hydrogen (secondary N) is 2. The van der Waals surface area contributed by atoms with Crippen LogP contribution in [-0.2, 0) is 27.4 Å². The summed E-state index contributed by atoms with van der Waals surface area (Å²) in [7, 11) is -4.11. The van der Waals surface area contributed by atoms with Crippen molar-refractivity contribution in [3.63, 3.8) is 0 Å². The first-order chi connectivity index (χ1) is 16.9. The SMILES string of the molecule is CS(=O)(=O)N(CC(=O)Nc1ccccc1C(=O)NCCc1ccccc1)c1cccc(C(F)(F)F)c1. The number of carbonyl (C=O) groups is 2. The van der Waals surface area contributed by atoms with Crippen molar-refractivity contribution in [1.82, 2.24) is 5.32 Å². The van der Waals surface area contributed by atoms with Crippen molar-refractivity contribution in [1.29, 1.82) is 0 Å². The molecule has 0 aromatic heterocycles. The van der Waals surface area contributed by atoms with Gasteiger partial charge in [-0.2, -0.15) is 13.2 Å². The van der Waals surface area contributed by atoms with Crippen molar-refractivity contribution in [3.05, 3.63) is 95.6 Å². The number of carbonyl (C=O) groups excluding carboxylic acids is 2. The lowest BCUT2D eigenvalue weighted by Crippen LogP contribution is -2.38. The summed E-state index contributed by atoms with van der Waals surface area (Å²) in [4.78, 5) is 25.4. The van der Waals surface area contributed by atoms with E-state index >= 15 is 0 Å². The summed E-state index contributed by atoms with van der Waals surface area (Å²) in [6.07, 6.45) is -3.30. The lowest BCUT2D eigenvalue weighted by atomic mass is 10.1. The second kappa shape index (κ2) is 11.3. The van der Waals surface area contributed by atoms with E-state index in [2.05, 4.69) is 10.6 Å². The van der Waals surface area contributed by atoms with Gasteiger partial charge in [0.2, 0.25) is 15.9 Å². The quantitative estimate of drug-likeness (QED) is 0.445. The minimum Gasteiger partial charge on any atom is -0.352 e. The molecule has 0 atom stereocenters. The van der Waals surface area contributed by atoms with E-state index in [1.54, 1.807) is 12.1 Å². The molecule has 0 aliphatic rings. The Balaban J connectivity index is 1.72. The number of hydrogen-bond donors (Lipinski definition) is 2. The molecular weight excluding hydrogens is 495 g/mol. The van der Waals surface area contributed by atoms with E-state index in [9.17, 15) is 31.2 Å². The Bertz CT molecular complexity index is 1330. The van der Waals surface area contributed by atoms with Crippen molar-refractivity contribution in [2.75, 3.05) is 29.0 Å². The van der Waals surface area contributed by atoms with Gasteiger partial charge in [0.25, 0.3) is 5.91 Å². The molecule has 0 radical (unpaired) electrons. The average Bonchev–Trinajstić information content (AvgIpc) is 2.82. The summed E-state index contributed by atoms with van der Waals surface area (Å²) < 4.78 is 64.4. The van der Waals surface area contributed by atoms with Crippen LogP contribution in [0.25, 0.3) is 0 Å². The first-order valence-electron chi connectivity index (χ1n) is 10.8. The monoisotopic (exact) mass is 519 g/mol. The fourth-order valence-corrected chi connectivity index (χ4v) is 4.26. The van der Waals surface area contributed by atoms with Crippen molar-refractivity contribution < 1.29 is 31.2 Å². The molecule has 0 saturated carbocycles. The number of benzene rings is 3. The highest BCUT2D eigenvalue weighted by Gasteiger charge is 2.32. The van der Waals surface area contributed by atoms with Crippen LogP contribution in [0.2, 0.25) is 0 Å². The number of alkyl halides is 3. The molecule has 190 valence electrons. The highest BCUT2D eigenvalue weighted by atomic mass is 32.2. The lowest BCUT2D eigenvalue weighted by molar-refractivity contribution is -0.137. The molecule has 0 fully saturated rings. The van der Waals surface area contributed by atoms with E-state index in [-0.39, 0.29) is 16.9 Å². The zero-order chi connectivity index (χ0) is 26.3. The van der Waals surface area contributed by atoms with Crippen LogP contribution in [0.4, 0.5) is 24.5 Å². The van der Waals surface area contributed by atoms with Gasteiger partial charge >= 0.3 is 6.18 Å². The van der Waals surface area contributed by atoms with E-state index in [0.29, 0.717) is 23.3 Å². The third-order valence-electron chi connectivity index (χ3n) is 5.14. The van der Waals surface area contributed by atoms with Gasteiger partial charge in [-0.3, -0.25) is 13.9 Å². The number of amides is 2. The molecule has 0 heterocycles. The maximum Gasteiger partial charge on any atom is 0.416 e. The van der Waals surface area contributed by atoms with Crippen molar-refractivity contribution in [2.45, 2.75) is 12.6 Å². The van der Waals surface area contributed by atoms with Crippen LogP contribution in [0.5, 0.6) is 0 Å². The topological polar surface area (TPSA) is 95.6 Å². The minimum absolute atomic E-state index is 0.136. The van der Waals surface area contributed by atoms with Gasteiger partial charge in [-0.15, -0.1) is 0 Å². The highest BCUT2D eigenvalue weighted by molar-refractivity contribution is 7.92. The Morgan fingerprint density at radius 3 is 2.25 bits per heavy atom. The summed E-state index contributed by atoms with van der Waals surface area (Å²) in [6, 6.07) is 19.4. The zero-order valence-corrected chi connectivity index (χ0v) is 20.1. The Morgan fingerprint density at radius 2 is 1.58 bits per heavy atom. The number of sulfonamides is 1. The van der Waals surface area contributed by atoms with Crippen LogP contribution >= 0.6 is 0 Å². The number of hydrogen-bond acceptors (Lipinski definition) is 4. The third-order valence-corrected chi connectivity index (χ3v) is 6.28. The molecule has 11 heteroatoms. The molecule has 0 aliphatic heterocycles. The molecular formula is C25H24F3N3O4S. The first-order valence-corrected chi connectivity index (χ1v) is 12.7. The van der Waals surface area contributed by atoms with Gasteiger partial charge < -0.3 is 10.6 Å². The fraction of sp³-hybridized carbons (Fsp3) is 0.200. The second-order valence-electron chi connectivity index (χ2n) is 7.90. The standard InChI is InChI=1S/C25H24F3N3O4S/c1-36(34,35)31(20-11-7-10-19(16-20)25(26,27)28)17-23(32)30-22-13-6-5-12-21(22)24(33)29-15-14-18-8-3-2-4-9-18/h2-13,16H,14-15,17H2,1H3,(H,29,33)(H,30,32). The van der Waals surface area contributed by atoms with Crippen LogP contribution in [0.1, 0.15) is 21.5 Å². The van der Waals surface area contributed by atoms with Crippen molar-refractivity contribution in [3.8, 4) is 0 Å². The smallest absolute Gasteiger partial charge is 0.352 e. The molecule has 3 rings (SSSR count). The van der Waals surface area contributed by atoms with Crippen LogP contribution in [0.15, 0.2) is 78.9 Å². The van der Waals surface area contributed by atoms with Crippen LogP contribution in [-0.4, -0.2) is 39.6 Å². The Kier molecular flexibility index (Phi) is 8.36. The molecule has 36 heavy (non-hydrogen) atoms. The average molecular weight is 520 g/mol. The van der Waals surface area contributed by atoms with Crippen molar-refractivity contribution >= 4 is 33.2 Å². The van der Waals surface area contributed by atoms with Crippen LogP contribution in [0.3, 0.4) is 0 Å². The van der Waals surface area contributed by atoms with E-state index in [4.69, 9.17) is 0 Å². The predicted octanol–water partition coefficient (Wildman–Crippen LogP) is 4.08. The molecule has 0 unspecified atom stereocenters. The fourth-order valence-electron chi connectivity index (χ4n) is 3.41. The Labute approximate surface area is 207 Å². The van der Waals surface area contributed by atoms with Gasteiger partial charge in [0.05, 0.1) is 28.8 Å². The summed E-state index contributed by atoms with van der Waals surface area (Å²) in [5, 5.41) is 5.26. The van der Waals surface area contributed by atoms with Crippen LogP contribution in [0, 0.1) is 0 Å². The lowest BCUT2D eigenvalue weighted by Gasteiger charge is -2.23. The molecule has 0 saturated heterocycles. The maximum atomic E-state index is 13.1. The first kappa shape index (κ1) is 26.7. The van der Waals surface area contributed by atoms with Crippen molar-refractivity contribution in [2.24, 2.45) is 0 Å². The number of nitrogens with zero attached hydrogens (tertiary/aromatic N) is 1. The normalized spacial score (nSPS) is 11.6. The molecule has 2 amide bonds. The summed E-state index contributed by atoms with van der Waals surface area (Å²) in [5.41, 5.74) is -0.0306. The van der Waals surface area contributed by atoms with Gasteiger partial charge in [0, 0.05) is 6.54 Å². The molecule has 3 aromatic rings. The highest BCUT2D eigenvalue weighted by Crippen LogP contribution is 2.32. The predicted molar refractivity (Wildman–Crippen MR) is 131 cm³/mol. The van der Waals surface area contributed by atoms with Gasteiger partial charge in [-0.1, -0.05) is 48.5 Å². The van der Waals surface area contributed by atoms with E-state index in [1.807, 2.05) is 30.3 Å². The maximum absolute atomic E-state index is 13.1. The van der Waals surface area contributed by atoms with E-state index in [1.165, 1.54) is 12.1 Å². The van der Waals surface area contributed by atoms with E-state index < -0.39 is 40.1 Å². The Morgan fingerprint density at radius 1 is 0.917 bits per heavy atom. The number of para-hydroxylation sites is 1. The number of halogens is 3. The summed E-state index contributed by atoms with van der Waals surface area (Å²) >= 11 is 0. The molecule has 7 nitrogen and oxygen atoms in total. The van der Waals surface area contributed by atoms with Gasteiger partial charge in [-0.25, -0.2) is 8.42 Å². The number of anilines is 2. The van der Waals surface area contributed by atoms with Gasteiger partial charge in [0.1, 0.15) is 6.54 Å². The molecule has 0 bridgehead atoms. The minimum atomic E-state index is -4.69. The largest absolute Gasteiger partial charge is 0.416 e. The van der Waals surface area contributed by atoms with E-state index in [0.717, 1.165) is 30.0 Å². The Hall–Kier alpha value is -3.86. The zero-order valence-electron chi connectivity index (χ0n) is 19.2. The summed E-state index contributed by atoms with van der Waals surface area (Å²) in [6.45, 7) is -0.438. The van der Waals surface area contributed by atoms with Gasteiger partial charge in [0.15, 0.2) is 0 Å². The third kappa shape index (κ3) is 7.32.